The van der Waals surface area contributed by atoms with Crippen molar-refractivity contribution < 1.29 is 26.4 Å². The molecule has 2 aromatic rings. The van der Waals surface area contributed by atoms with Crippen LogP contribution in [0.25, 0.3) is 0 Å². The second kappa shape index (κ2) is 16.4. The number of aryl methyl sites for hydroxylation is 3. The Morgan fingerprint density at radius 3 is 2.04 bits per heavy atom. The van der Waals surface area contributed by atoms with E-state index < -0.39 is 32.1 Å². The van der Waals surface area contributed by atoms with Crippen molar-refractivity contribution in [2.24, 2.45) is 11.8 Å². The van der Waals surface area contributed by atoms with Crippen LogP contribution in [0.1, 0.15) is 91.5 Å². The largest absolute Gasteiger partial charge is 0.332 e. The molecule has 3 aliphatic carbocycles. The summed E-state index contributed by atoms with van der Waals surface area (Å²) in [6, 6.07) is 3.04. The second-order valence-corrected chi connectivity index (χ2v) is 17.6. The van der Waals surface area contributed by atoms with Crippen LogP contribution >= 0.6 is 0 Å². The van der Waals surface area contributed by atoms with E-state index in [0.717, 1.165) is 104 Å². The molecule has 5 rings (SSSR count). The van der Waals surface area contributed by atoms with Gasteiger partial charge in [0.05, 0.1) is 5.75 Å². The summed E-state index contributed by atoms with van der Waals surface area (Å²) < 4.78 is 55.2. The van der Waals surface area contributed by atoms with Gasteiger partial charge in [0.15, 0.2) is 0 Å². The maximum Gasteiger partial charge on any atom is 0.332 e. The molecular formula is C36H54N6O6S2. The van der Waals surface area contributed by atoms with E-state index in [1.807, 2.05) is 13.8 Å². The molecule has 2 unspecified atom stereocenters. The first kappa shape index (κ1) is 38.0. The van der Waals surface area contributed by atoms with Crippen molar-refractivity contribution in [1.29, 1.82) is 0 Å². The Kier molecular flexibility index (Phi) is 12.5. The summed E-state index contributed by atoms with van der Waals surface area (Å²) in [4.78, 5) is 26.4. The van der Waals surface area contributed by atoms with Crippen LogP contribution in [0.5, 0.6) is 0 Å². The van der Waals surface area contributed by atoms with Gasteiger partial charge in [0.1, 0.15) is 5.88 Å². The fraction of sp³-hybridized carbons (Fsp3) is 0.611. The summed E-state index contributed by atoms with van der Waals surface area (Å²) in [6.07, 6.45) is 9.32. The van der Waals surface area contributed by atoms with Gasteiger partial charge >= 0.3 is 12.1 Å². The van der Waals surface area contributed by atoms with Crippen LogP contribution in [-0.2, 0) is 71.4 Å². The fourth-order valence-electron chi connectivity index (χ4n) is 7.95. The van der Waals surface area contributed by atoms with Gasteiger partial charge in [-0.05, 0) is 140 Å². The number of carbonyl (C=O) groups is 2. The zero-order valence-electron chi connectivity index (χ0n) is 29.9. The number of hydrogen-bond donors (Lipinski definition) is 6. The second-order valence-electron chi connectivity index (χ2n) is 14.2. The van der Waals surface area contributed by atoms with E-state index in [1.54, 1.807) is 6.92 Å². The van der Waals surface area contributed by atoms with Crippen molar-refractivity contribution in [2.45, 2.75) is 98.3 Å². The van der Waals surface area contributed by atoms with Gasteiger partial charge in [0.25, 0.3) is 0 Å². The van der Waals surface area contributed by atoms with Crippen molar-refractivity contribution in [3.05, 3.63) is 56.6 Å². The predicted molar refractivity (Wildman–Crippen MR) is 199 cm³/mol. The average molecular weight is 731 g/mol. The predicted octanol–water partition coefficient (Wildman–Crippen LogP) is 4.29. The van der Waals surface area contributed by atoms with Gasteiger partial charge in [-0.2, -0.15) is 0 Å². The zero-order valence-corrected chi connectivity index (χ0v) is 31.5. The molecule has 0 saturated heterocycles. The van der Waals surface area contributed by atoms with Gasteiger partial charge < -0.3 is 21.3 Å². The monoisotopic (exact) mass is 730 g/mol. The van der Waals surface area contributed by atoms with E-state index in [2.05, 4.69) is 49.8 Å². The molecule has 12 nitrogen and oxygen atoms in total. The topological polar surface area (TPSA) is 175 Å². The Morgan fingerprint density at radius 2 is 1.38 bits per heavy atom. The Bertz CT molecular complexity index is 1810. The highest BCUT2D eigenvalue weighted by atomic mass is 32.2. The first-order valence-corrected chi connectivity index (χ1v) is 21.5. The van der Waals surface area contributed by atoms with E-state index in [9.17, 15) is 26.4 Å². The lowest BCUT2D eigenvalue weighted by Gasteiger charge is -2.22. The van der Waals surface area contributed by atoms with Crippen LogP contribution in [0.2, 0.25) is 0 Å². The van der Waals surface area contributed by atoms with Crippen molar-refractivity contribution in [2.75, 3.05) is 41.9 Å². The van der Waals surface area contributed by atoms with Crippen molar-refractivity contribution in [3.8, 4) is 0 Å². The van der Waals surface area contributed by atoms with Gasteiger partial charge in [-0.1, -0.05) is 46.2 Å². The highest BCUT2D eigenvalue weighted by Gasteiger charge is 2.32. The molecule has 276 valence electrons. The summed E-state index contributed by atoms with van der Waals surface area (Å²) >= 11 is 0. The van der Waals surface area contributed by atoms with Gasteiger partial charge in [-0.25, -0.2) is 35.9 Å². The first-order valence-electron chi connectivity index (χ1n) is 18.2. The number of anilines is 2. The molecule has 0 spiro atoms. The summed E-state index contributed by atoms with van der Waals surface area (Å²) in [5.74, 6) is -0.492. The molecule has 0 heterocycles. The van der Waals surface area contributed by atoms with E-state index >= 15 is 0 Å². The Hall–Kier alpha value is -3.20. The SMILES string of the molecule is CCCc1cc2c(c(NC(=O)NS(=O)(=O)CNCC)c1CC1Cc3cc4c(c(NC(=O)NS(=O)(=O)CC(C)CNCC)c3C1)CCC4)CCC2. The third kappa shape index (κ3) is 9.36. The number of amides is 4. The number of urea groups is 2. The number of nitrogens with one attached hydrogen (secondary N) is 6. The van der Waals surface area contributed by atoms with Crippen LogP contribution in [0.4, 0.5) is 21.0 Å². The fourth-order valence-corrected chi connectivity index (χ4v) is 10.1. The highest BCUT2D eigenvalue weighted by Crippen LogP contribution is 2.43. The van der Waals surface area contributed by atoms with E-state index in [4.69, 9.17) is 0 Å². The first-order chi connectivity index (χ1) is 23.8. The molecule has 6 N–H and O–H groups in total. The lowest BCUT2D eigenvalue weighted by Crippen LogP contribution is -2.40. The third-order valence-corrected chi connectivity index (χ3v) is 12.6. The van der Waals surface area contributed by atoms with Crippen molar-refractivity contribution >= 4 is 43.5 Å². The molecular weight excluding hydrogens is 677 g/mol. The summed E-state index contributed by atoms with van der Waals surface area (Å²) in [7, 11) is -7.70. The van der Waals surface area contributed by atoms with E-state index in [1.165, 1.54) is 16.7 Å². The average Bonchev–Trinajstić information content (AvgIpc) is 3.79. The molecule has 2 aromatic carbocycles. The normalized spacial score (nSPS) is 17.2. The molecule has 0 saturated carbocycles. The number of hydrogen-bond acceptors (Lipinski definition) is 8. The minimum Gasteiger partial charge on any atom is -0.317 e. The summed E-state index contributed by atoms with van der Waals surface area (Å²) in [5.41, 5.74) is 10.4. The molecule has 4 amide bonds. The van der Waals surface area contributed by atoms with Crippen LogP contribution < -0.4 is 30.7 Å². The smallest absolute Gasteiger partial charge is 0.317 e. The molecule has 2 atom stereocenters. The van der Waals surface area contributed by atoms with Crippen LogP contribution in [-0.4, -0.2) is 60.2 Å². The van der Waals surface area contributed by atoms with Gasteiger partial charge in [0.2, 0.25) is 20.0 Å². The number of sulfonamides is 2. The van der Waals surface area contributed by atoms with E-state index in [-0.39, 0.29) is 23.5 Å². The van der Waals surface area contributed by atoms with E-state index in [0.29, 0.717) is 25.9 Å². The highest BCUT2D eigenvalue weighted by molar-refractivity contribution is 7.90. The van der Waals surface area contributed by atoms with Crippen molar-refractivity contribution in [3.63, 3.8) is 0 Å². The minimum absolute atomic E-state index is 0.155. The van der Waals surface area contributed by atoms with Crippen LogP contribution in [0, 0.1) is 11.8 Å². The zero-order chi connectivity index (χ0) is 36.1. The third-order valence-electron chi connectivity index (χ3n) is 9.98. The number of rotatable bonds is 16. The van der Waals surface area contributed by atoms with Crippen LogP contribution in [0.3, 0.4) is 0 Å². The van der Waals surface area contributed by atoms with Gasteiger partial charge in [0, 0.05) is 11.4 Å². The maximum absolute atomic E-state index is 13.2. The van der Waals surface area contributed by atoms with Crippen LogP contribution in [0.15, 0.2) is 12.1 Å². The molecule has 0 aliphatic heterocycles. The standard InChI is InChI=1S/C36H54N6O6S2/c1-5-10-25-18-26-11-8-13-29(26)33(39-36(44)42-50(47,48)22-38-7-3)31(25)16-24-15-28-19-27-12-9-14-30(27)34(32(28)17-24)40-35(43)41-49(45,46)21-23(4)20-37-6-2/h18-19,23-24,37-38H,5-17,20-22H2,1-4H3,(H2,39,42,44)(H2,40,41,43). The molecule has 0 bridgehead atoms. The molecule has 50 heavy (non-hydrogen) atoms. The summed E-state index contributed by atoms with van der Waals surface area (Å²) in [5, 5.41) is 11.8. The molecule has 0 fully saturated rings. The molecule has 0 aromatic heterocycles. The Balaban J connectivity index is 1.39. The lowest BCUT2D eigenvalue weighted by atomic mass is 9.87. The minimum atomic E-state index is -3.86. The molecule has 3 aliphatic rings. The molecule has 0 radical (unpaired) electrons. The van der Waals surface area contributed by atoms with Crippen molar-refractivity contribution in [1.82, 2.24) is 20.1 Å². The summed E-state index contributed by atoms with van der Waals surface area (Å²) in [6.45, 7) is 9.47. The maximum atomic E-state index is 13.2. The Labute approximate surface area is 297 Å². The number of benzene rings is 2. The lowest BCUT2D eigenvalue weighted by molar-refractivity contribution is 0.255. The number of carbonyl (C=O) groups excluding carboxylic acids is 2. The van der Waals surface area contributed by atoms with Gasteiger partial charge in [-0.3, -0.25) is 0 Å². The quantitative estimate of drug-likeness (QED) is 0.148. The Morgan fingerprint density at radius 1 is 0.760 bits per heavy atom. The molecule has 14 heteroatoms. The number of fused-ring (bicyclic) bond motifs is 3. The van der Waals surface area contributed by atoms with Gasteiger partial charge in [-0.15, -0.1) is 0 Å².